The molecule has 2 atom stereocenters. The van der Waals surface area contributed by atoms with Gasteiger partial charge in [-0.2, -0.15) is 0 Å². The predicted molar refractivity (Wildman–Crippen MR) is 112 cm³/mol. The number of hydrogen-bond donors (Lipinski definition) is 1. The molecule has 4 rings (SSSR count). The summed E-state index contributed by atoms with van der Waals surface area (Å²) in [6, 6.07) is 15.8. The van der Waals surface area contributed by atoms with Gasteiger partial charge in [0.15, 0.2) is 0 Å². The van der Waals surface area contributed by atoms with Crippen LogP contribution in [-0.2, 0) is 4.79 Å². The number of nitrogens with zero attached hydrogens (tertiary/aromatic N) is 1. The molecule has 140 valence electrons. The molecular weight excluding hydrogens is 426 g/mol. The van der Waals surface area contributed by atoms with Crippen LogP contribution in [-0.4, -0.2) is 35.7 Å². The number of aliphatic carboxylic acids is 1. The Bertz CT molecular complexity index is 953. The molecule has 6 heteroatoms. The van der Waals surface area contributed by atoms with Gasteiger partial charge < -0.3 is 9.84 Å². The maximum Gasteiger partial charge on any atom is 0.320 e. The minimum Gasteiger partial charge on any atom is -0.496 e. The maximum atomic E-state index is 11.9. The highest BCUT2D eigenvalue weighted by molar-refractivity contribution is 9.10. The molecule has 0 spiro atoms. The van der Waals surface area contributed by atoms with Crippen molar-refractivity contribution in [2.75, 3.05) is 13.7 Å². The van der Waals surface area contributed by atoms with E-state index in [1.54, 1.807) is 18.4 Å². The first-order valence-electron chi connectivity index (χ1n) is 8.89. The van der Waals surface area contributed by atoms with Crippen molar-refractivity contribution in [1.29, 1.82) is 0 Å². The van der Waals surface area contributed by atoms with Gasteiger partial charge in [0.1, 0.15) is 11.8 Å². The van der Waals surface area contributed by atoms with Crippen molar-refractivity contribution in [3.05, 3.63) is 63.4 Å². The molecule has 1 saturated heterocycles. The normalized spacial score (nSPS) is 18.7. The Labute approximate surface area is 170 Å². The summed E-state index contributed by atoms with van der Waals surface area (Å²) in [5.41, 5.74) is 0.992. The molecule has 2 heterocycles. The highest BCUT2D eigenvalue weighted by atomic mass is 79.9. The molecular formula is C21H20BrNO3S. The quantitative estimate of drug-likeness (QED) is 0.577. The third-order valence-electron chi connectivity index (χ3n) is 5.11. The van der Waals surface area contributed by atoms with Gasteiger partial charge in [-0.05, 0) is 48.6 Å². The number of carbonyl (C=O) groups is 1. The lowest BCUT2D eigenvalue weighted by atomic mass is 10.0. The van der Waals surface area contributed by atoms with Crippen molar-refractivity contribution >= 4 is 43.3 Å². The zero-order chi connectivity index (χ0) is 19.0. The van der Waals surface area contributed by atoms with Gasteiger partial charge in [0.25, 0.3) is 0 Å². The fourth-order valence-electron chi connectivity index (χ4n) is 3.91. The summed E-state index contributed by atoms with van der Waals surface area (Å²) in [7, 11) is 1.66. The molecule has 1 fully saturated rings. The fourth-order valence-corrected chi connectivity index (χ4v) is 5.50. The van der Waals surface area contributed by atoms with Crippen molar-refractivity contribution in [2.24, 2.45) is 0 Å². The fraction of sp³-hybridized carbons (Fsp3) is 0.286. The highest BCUT2D eigenvalue weighted by Gasteiger charge is 2.38. The number of fused-ring (bicyclic) bond motifs is 1. The molecule has 3 aromatic rings. The van der Waals surface area contributed by atoms with E-state index >= 15 is 0 Å². The van der Waals surface area contributed by atoms with E-state index in [0.29, 0.717) is 6.42 Å². The first-order valence-corrected chi connectivity index (χ1v) is 10.5. The van der Waals surface area contributed by atoms with E-state index in [1.807, 2.05) is 30.3 Å². The number of thiophene rings is 1. The molecule has 0 saturated carbocycles. The second-order valence-electron chi connectivity index (χ2n) is 6.71. The summed E-state index contributed by atoms with van der Waals surface area (Å²) in [5.74, 6) is 0.0178. The summed E-state index contributed by atoms with van der Waals surface area (Å²) in [5, 5.41) is 11.0. The lowest BCUT2D eigenvalue weighted by molar-refractivity contribution is -0.142. The van der Waals surface area contributed by atoms with Gasteiger partial charge in [-0.25, -0.2) is 0 Å². The summed E-state index contributed by atoms with van der Waals surface area (Å²) in [6.45, 7) is 0.756. The Balaban J connectivity index is 1.90. The monoisotopic (exact) mass is 445 g/mol. The van der Waals surface area contributed by atoms with Crippen molar-refractivity contribution in [3.8, 4) is 5.75 Å². The second-order valence-corrected chi connectivity index (χ2v) is 8.74. The standard InChI is InChI=1S/C21H20BrNO3S/c1-26-17-9-8-14(22)12-15(17)20(23-10-4-6-16(23)21(24)25)19-11-13-5-2-3-7-18(13)27-19/h2-3,5,7-9,11-12,16,20H,4,6,10H2,1H3,(H,24,25). The molecule has 1 aromatic heterocycles. The van der Waals surface area contributed by atoms with Crippen molar-refractivity contribution in [2.45, 2.75) is 24.9 Å². The van der Waals surface area contributed by atoms with Gasteiger partial charge in [-0.1, -0.05) is 34.1 Å². The molecule has 2 unspecified atom stereocenters. The number of methoxy groups -OCH3 is 1. The molecule has 1 aliphatic heterocycles. The summed E-state index contributed by atoms with van der Waals surface area (Å²) in [6.07, 6.45) is 1.56. The number of benzene rings is 2. The van der Waals surface area contributed by atoms with Crippen LogP contribution in [0.2, 0.25) is 0 Å². The van der Waals surface area contributed by atoms with Gasteiger partial charge >= 0.3 is 5.97 Å². The number of halogens is 1. The van der Waals surface area contributed by atoms with Crippen LogP contribution in [0.4, 0.5) is 0 Å². The zero-order valence-corrected chi connectivity index (χ0v) is 17.3. The summed E-state index contributed by atoms with van der Waals surface area (Å²) >= 11 is 5.29. The predicted octanol–water partition coefficient (Wildman–Crippen LogP) is 5.31. The number of likely N-dealkylation sites (tertiary alicyclic amines) is 1. The second kappa shape index (κ2) is 7.62. The van der Waals surface area contributed by atoms with Crippen LogP contribution in [0.1, 0.15) is 29.3 Å². The van der Waals surface area contributed by atoms with Crippen LogP contribution >= 0.6 is 27.3 Å². The first kappa shape index (κ1) is 18.5. The molecule has 4 nitrogen and oxygen atoms in total. The molecule has 27 heavy (non-hydrogen) atoms. The van der Waals surface area contributed by atoms with Crippen LogP contribution in [0, 0.1) is 0 Å². The largest absolute Gasteiger partial charge is 0.496 e. The number of rotatable bonds is 5. The molecule has 1 aliphatic rings. The Morgan fingerprint density at radius 2 is 2.11 bits per heavy atom. The Morgan fingerprint density at radius 3 is 2.85 bits per heavy atom. The topological polar surface area (TPSA) is 49.8 Å². The summed E-state index contributed by atoms with van der Waals surface area (Å²) < 4.78 is 7.80. The van der Waals surface area contributed by atoms with Gasteiger partial charge in [-0.3, -0.25) is 9.69 Å². The third kappa shape index (κ3) is 3.49. The molecule has 0 bridgehead atoms. The molecule has 2 aromatic carbocycles. The lowest BCUT2D eigenvalue weighted by Crippen LogP contribution is -2.39. The van der Waals surface area contributed by atoms with Gasteiger partial charge in [0, 0.05) is 26.2 Å². The van der Waals surface area contributed by atoms with Gasteiger partial charge in [-0.15, -0.1) is 11.3 Å². The van der Waals surface area contributed by atoms with Crippen LogP contribution in [0.5, 0.6) is 5.75 Å². The Hall–Kier alpha value is -1.89. The van der Waals surface area contributed by atoms with Crippen molar-refractivity contribution in [1.82, 2.24) is 4.90 Å². The smallest absolute Gasteiger partial charge is 0.320 e. The molecule has 0 radical (unpaired) electrons. The van der Waals surface area contributed by atoms with Gasteiger partial charge in [0.2, 0.25) is 0 Å². The zero-order valence-electron chi connectivity index (χ0n) is 14.9. The van der Waals surface area contributed by atoms with E-state index in [0.717, 1.165) is 33.6 Å². The Morgan fingerprint density at radius 1 is 1.30 bits per heavy atom. The van der Waals surface area contributed by atoms with Crippen LogP contribution in [0.25, 0.3) is 10.1 Å². The van der Waals surface area contributed by atoms with Crippen LogP contribution in [0.15, 0.2) is 53.0 Å². The minimum atomic E-state index is -0.757. The van der Waals surface area contributed by atoms with E-state index in [2.05, 4.69) is 39.0 Å². The van der Waals surface area contributed by atoms with Crippen molar-refractivity contribution < 1.29 is 14.6 Å². The number of ether oxygens (including phenoxy) is 1. The number of carboxylic acid groups (broad SMARTS) is 1. The summed E-state index contributed by atoms with van der Waals surface area (Å²) in [4.78, 5) is 15.1. The van der Waals surface area contributed by atoms with E-state index in [1.165, 1.54) is 10.1 Å². The molecule has 0 aliphatic carbocycles. The molecule has 1 N–H and O–H groups in total. The van der Waals surface area contributed by atoms with Crippen molar-refractivity contribution in [3.63, 3.8) is 0 Å². The van der Waals surface area contributed by atoms with Crippen LogP contribution < -0.4 is 4.74 Å². The minimum absolute atomic E-state index is 0.154. The number of carboxylic acids is 1. The maximum absolute atomic E-state index is 11.9. The van der Waals surface area contributed by atoms with E-state index < -0.39 is 12.0 Å². The van der Waals surface area contributed by atoms with Crippen LogP contribution in [0.3, 0.4) is 0 Å². The van der Waals surface area contributed by atoms with Gasteiger partial charge in [0.05, 0.1) is 13.2 Å². The number of hydrogen-bond acceptors (Lipinski definition) is 4. The SMILES string of the molecule is COc1ccc(Br)cc1C(c1cc2ccccc2s1)N1CCCC1C(=O)O. The average molecular weight is 446 g/mol. The lowest BCUT2D eigenvalue weighted by Gasteiger charge is -2.32. The first-order chi connectivity index (χ1) is 13.1. The third-order valence-corrected chi connectivity index (χ3v) is 6.77. The molecule has 0 amide bonds. The highest BCUT2D eigenvalue weighted by Crippen LogP contribution is 2.43. The Kier molecular flexibility index (Phi) is 5.21. The average Bonchev–Trinajstić information content (AvgIpc) is 3.29. The van der Waals surface area contributed by atoms with E-state index in [9.17, 15) is 9.90 Å². The van der Waals surface area contributed by atoms with E-state index in [4.69, 9.17) is 4.74 Å². The van der Waals surface area contributed by atoms with E-state index in [-0.39, 0.29) is 6.04 Å².